The molecule has 83 heavy (non-hydrogen) atoms. The predicted octanol–water partition coefficient (Wildman–Crippen LogP) is 13.2. The van der Waals surface area contributed by atoms with Crippen molar-refractivity contribution in [1.82, 2.24) is 0 Å². The average molecular weight is 1100 g/mol. The average Bonchev–Trinajstić information content (AvgIpc) is 1.73. The van der Waals surface area contributed by atoms with Crippen LogP contribution in [0.1, 0.15) is 213 Å². The van der Waals surface area contributed by atoms with Crippen LogP contribution in [0.3, 0.4) is 0 Å². The summed E-state index contributed by atoms with van der Waals surface area (Å²) in [5, 5.41) is 0. The lowest BCUT2D eigenvalue weighted by Gasteiger charge is -2.48. The molecule has 0 N–H and O–H groups in total. The molecule has 1 aromatic heterocycles. The first-order valence-electron chi connectivity index (χ1n) is 30.7. The highest BCUT2D eigenvalue weighted by Gasteiger charge is 2.52. The Bertz CT molecular complexity index is 3850. The number of nitrogens with zero attached hydrogens (tertiary/aromatic N) is 3. The van der Waals surface area contributed by atoms with Crippen LogP contribution in [-0.4, -0.2) is 45.9 Å². The Kier molecular flexibility index (Phi) is 13.1. The fourth-order valence-corrected chi connectivity index (χ4v) is 16.9. The molecule has 0 atom stereocenters. The Morgan fingerprint density at radius 2 is 0.940 bits per heavy atom. The lowest BCUT2D eigenvalue weighted by Crippen LogP contribution is -2.61. The molecule has 3 aliphatic carbocycles. The summed E-state index contributed by atoms with van der Waals surface area (Å²) in [6.07, 6.45) is 6.57. The first kappa shape index (κ1) is 58.2. The maximum atomic E-state index is 7.41. The minimum absolute atomic E-state index is 0.0205. The smallest absolute Gasteiger partial charge is 0.264 e. The molecule has 2 aliphatic heterocycles. The Labute approximate surface area is 510 Å². The molecule has 0 bridgehead atoms. The van der Waals surface area contributed by atoms with E-state index in [4.69, 9.17) is 39.2 Å². The van der Waals surface area contributed by atoms with Crippen molar-refractivity contribution in [3.8, 4) is 0 Å². The largest absolute Gasteiger partial charge is 0.312 e. The maximum Gasteiger partial charge on any atom is 0.264 e. The molecule has 12 rings (SSSR count). The normalized spacial score (nSPS) is 19.2. The van der Waals surface area contributed by atoms with E-state index in [0.717, 1.165) is 72.6 Å². The summed E-state index contributed by atoms with van der Waals surface area (Å²) in [6, 6.07) is 33.8. The van der Waals surface area contributed by atoms with Crippen LogP contribution in [0.25, 0.3) is 0 Å². The van der Waals surface area contributed by atoms with Crippen LogP contribution in [-0.2, 0) is 43.3 Å². The molecule has 0 amide bonds. The number of thiophene rings is 1. The SMILES string of the molecule is [B]c1c([B])c([B])c(N(c2cc3c4c(c2)N(c2ccc(C(C)(C)C)cc2)c2c(sc5c2C(C)(C)CCC5(C)C)B4c2cc4c(cc2N3c2ccc(C(C)(C)C)cc2C)C(C)(C)CCC4(C)C)c2ccc3c(c2)C(C)(C)CCC3(C)C)c([B])c1[B]. The molecule has 0 fully saturated rings. The molecule has 7 aromatic rings. The van der Waals surface area contributed by atoms with Crippen LogP contribution < -0.4 is 57.7 Å². The van der Waals surface area contributed by atoms with Crippen LogP contribution in [0.5, 0.6) is 0 Å². The minimum atomic E-state index is -0.120. The molecule has 3 heterocycles. The topological polar surface area (TPSA) is 9.72 Å². The van der Waals surface area contributed by atoms with Crippen molar-refractivity contribution < 1.29 is 0 Å². The number of aryl methyl sites for hydroxylation is 1. The zero-order valence-electron chi connectivity index (χ0n) is 53.5. The molecule has 414 valence electrons. The summed E-state index contributed by atoms with van der Waals surface area (Å²) < 4.78 is 1.41. The van der Waals surface area contributed by atoms with Gasteiger partial charge in [-0.3, -0.25) is 0 Å². The molecule has 0 spiro atoms. The highest BCUT2D eigenvalue weighted by Crippen LogP contribution is 2.59. The maximum absolute atomic E-state index is 7.41. The summed E-state index contributed by atoms with van der Waals surface area (Å²) in [4.78, 5) is 9.06. The second-order valence-corrected chi connectivity index (χ2v) is 32.9. The van der Waals surface area contributed by atoms with Crippen molar-refractivity contribution in [2.45, 2.75) is 213 Å². The fourth-order valence-electron chi connectivity index (χ4n) is 15.2. The zero-order valence-corrected chi connectivity index (χ0v) is 54.4. The highest BCUT2D eigenvalue weighted by molar-refractivity contribution is 7.29. The number of benzene rings is 6. The van der Waals surface area contributed by atoms with Crippen LogP contribution in [0.15, 0.2) is 84.9 Å². The summed E-state index contributed by atoms with van der Waals surface area (Å²) >= 11 is 2.08. The van der Waals surface area contributed by atoms with E-state index in [0.29, 0.717) is 5.69 Å². The lowest BCUT2D eigenvalue weighted by molar-refractivity contribution is 0.332. The van der Waals surface area contributed by atoms with E-state index >= 15 is 0 Å². The molecule has 0 saturated heterocycles. The molecule has 3 nitrogen and oxygen atoms in total. The Hall–Kier alpha value is -5.19. The molecule has 0 saturated carbocycles. The fraction of sp³-hybridized carbons (Fsp3) is 0.452. The molecular formula is C73H83B6N3S. The van der Waals surface area contributed by atoms with Gasteiger partial charge < -0.3 is 14.7 Å². The van der Waals surface area contributed by atoms with E-state index in [-0.39, 0.29) is 77.3 Å². The van der Waals surface area contributed by atoms with E-state index in [1.807, 2.05) is 0 Å². The number of fused-ring (bicyclic) bond motifs is 8. The summed E-state index contributed by atoms with van der Waals surface area (Å²) in [6.45, 7) is 45.4. The zero-order chi connectivity index (χ0) is 60.2. The minimum Gasteiger partial charge on any atom is -0.312 e. The third kappa shape index (κ3) is 8.90. The quantitative estimate of drug-likeness (QED) is 0.159. The number of rotatable bonds is 5. The van der Waals surface area contributed by atoms with E-state index in [2.05, 4.69) is 243 Å². The van der Waals surface area contributed by atoms with Crippen molar-refractivity contribution >= 4 is 151 Å². The van der Waals surface area contributed by atoms with Gasteiger partial charge in [-0.2, -0.15) is 11.3 Å². The summed E-state index contributed by atoms with van der Waals surface area (Å²) in [5.41, 5.74) is 23.6. The molecule has 0 unspecified atom stereocenters. The van der Waals surface area contributed by atoms with Gasteiger partial charge in [-0.25, -0.2) is 0 Å². The molecule has 10 radical (unpaired) electrons. The van der Waals surface area contributed by atoms with Gasteiger partial charge >= 0.3 is 0 Å². The third-order valence-electron chi connectivity index (χ3n) is 21.0. The van der Waals surface area contributed by atoms with Crippen molar-refractivity contribution in [3.05, 3.63) is 134 Å². The summed E-state index contributed by atoms with van der Waals surface area (Å²) in [5.74, 6) is 0. The van der Waals surface area contributed by atoms with Crippen LogP contribution in [0.4, 0.5) is 51.2 Å². The standard InChI is InChI=1S/C73H83B6N3S/c1-40-34-42(67(5,6)7)22-27-51(40)82-52-39-49-48(70(12,13)30-31-71(49,14)15)38-50(52)79-61-53(81(43-23-20-41(21-24-43)66(2,3)4)62-55-64(83-65(62)79)73(18,19)33-32-72(55,16)17)36-45(37-54(61)82)80(63-59(77)57(75)56(74)58(76)60(63)78)44-25-26-46-47(35-44)69(10,11)29-28-68(46,8)9/h20-27,34-39H,28-33H2,1-19H3. The lowest BCUT2D eigenvalue weighted by atomic mass is 9.35. The van der Waals surface area contributed by atoms with Gasteiger partial charge in [0.1, 0.15) is 39.2 Å². The van der Waals surface area contributed by atoms with E-state index in [9.17, 15) is 0 Å². The third-order valence-corrected chi connectivity index (χ3v) is 22.7. The van der Waals surface area contributed by atoms with Crippen LogP contribution >= 0.6 is 11.3 Å². The monoisotopic (exact) mass is 1100 g/mol. The Balaban J connectivity index is 1.29. The van der Waals surface area contributed by atoms with Gasteiger partial charge in [0.05, 0.1) is 11.4 Å². The number of anilines is 9. The molecule has 10 heteroatoms. The van der Waals surface area contributed by atoms with Crippen LogP contribution in [0, 0.1) is 6.92 Å². The highest BCUT2D eigenvalue weighted by atomic mass is 32.1. The van der Waals surface area contributed by atoms with Gasteiger partial charge in [-0.05, 0) is 193 Å². The van der Waals surface area contributed by atoms with Gasteiger partial charge in [0.25, 0.3) is 6.71 Å². The van der Waals surface area contributed by atoms with E-state index in [1.165, 1.54) is 76.5 Å². The van der Waals surface area contributed by atoms with Crippen molar-refractivity contribution in [2.24, 2.45) is 0 Å². The molecule has 5 aliphatic rings. The Morgan fingerprint density at radius 3 is 1.49 bits per heavy atom. The molecular weight excluding hydrogens is 1020 g/mol. The second kappa shape index (κ2) is 18.7. The first-order chi connectivity index (χ1) is 38.4. The van der Waals surface area contributed by atoms with Gasteiger partial charge in [0.2, 0.25) is 0 Å². The van der Waals surface area contributed by atoms with Crippen molar-refractivity contribution in [3.63, 3.8) is 0 Å². The molecule has 6 aromatic carbocycles. The predicted molar refractivity (Wildman–Crippen MR) is 368 cm³/mol. The number of hydrogen-bond donors (Lipinski definition) is 0. The summed E-state index contributed by atoms with van der Waals surface area (Å²) in [7, 11) is 35.6. The second-order valence-electron chi connectivity index (χ2n) is 31.8. The van der Waals surface area contributed by atoms with Gasteiger partial charge in [0, 0.05) is 49.5 Å². The first-order valence-corrected chi connectivity index (χ1v) is 31.5. The van der Waals surface area contributed by atoms with Crippen LogP contribution in [0.2, 0.25) is 0 Å². The van der Waals surface area contributed by atoms with Crippen molar-refractivity contribution in [1.29, 1.82) is 0 Å². The Morgan fingerprint density at radius 1 is 0.458 bits per heavy atom. The van der Waals surface area contributed by atoms with Gasteiger partial charge in [0.15, 0.2) is 0 Å². The van der Waals surface area contributed by atoms with E-state index in [1.54, 1.807) is 0 Å². The van der Waals surface area contributed by atoms with Gasteiger partial charge in [-0.15, -0.1) is 16.4 Å². The number of hydrogen-bond acceptors (Lipinski definition) is 4. The van der Waals surface area contributed by atoms with Gasteiger partial charge in [-0.1, -0.05) is 172 Å². The van der Waals surface area contributed by atoms with Crippen molar-refractivity contribution in [2.75, 3.05) is 14.7 Å². The van der Waals surface area contributed by atoms with E-state index < -0.39 is 0 Å².